The number of hydrogen-bond donors (Lipinski definition) is 0. The lowest BCUT2D eigenvalue weighted by atomic mass is 9.92. The summed E-state index contributed by atoms with van der Waals surface area (Å²) in [4.78, 5) is 2.32. The van der Waals surface area contributed by atoms with Crippen molar-refractivity contribution >= 4 is 61.0 Å². The number of para-hydroxylation sites is 1. The number of allylic oxidation sites excluding steroid dienone is 14. The Kier molecular flexibility index (Phi) is 15.0. The molecular formula is C76H64N2. The van der Waals surface area contributed by atoms with Crippen LogP contribution in [0.25, 0.3) is 88.7 Å². The number of anilines is 2. The summed E-state index contributed by atoms with van der Waals surface area (Å²) in [5, 5.41) is 2.43. The molecule has 0 unspecified atom stereocenters. The fourth-order valence-electron chi connectivity index (χ4n) is 11.2. The van der Waals surface area contributed by atoms with Crippen LogP contribution >= 0.6 is 0 Å². The van der Waals surface area contributed by atoms with Crippen LogP contribution in [0, 0.1) is 0 Å². The van der Waals surface area contributed by atoms with Gasteiger partial charge in [0.1, 0.15) is 0 Å². The Balaban J connectivity index is 1.17. The highest BCUT2D eigenvalue weighted by molar-refractivity contribution is 6.22. The van der Waals surface area contributed by atoms with E-state index in [4.69, 9.17) is 0 Å². The molecule has 0 fully saturated rings. The van der Waals surface area contributed by atoms with Crippen LogP contribution in [0.15, 0.2) is 286 Å². The lowest BCUT2D eigenvalue weighted by Crippen LogP contribution is -2.11. The van der Waals surface area contributed by atoms with E-state index in [0.717, 1.165) is 97.5 Å². The Morgan fingerprint density at radius 3 is 1.86 bits per heavy atom. The number of rotatable bonds is 15. The van der Waals surface area contributed by atoms with Crippen LogP contribution in [0.1, 0.15) is 60.9 Å². The van der Waals surface area contributed by atoms with Crippen molar-refractivity contribution in [3.05, 3.63) is 314 Å². The van der Waals surface area contributed by atoms with Crippen molar-refractivity contribution < 1.29 is 0 Å². The normalized spacial score (nSPS) is 13.2. The molecule has 9 aromatic carbocycles. The third-order valence-electron chi connectivity index (χ3n) is 15.1. The van der Waals surface area contributed by atoms with E-state index in [1.807, 2.05) is 13.0 Å². The zero-order valence-corrected chi connectivity index (χ0v) is 44.9. The molecule has 1 heterocycles. The second-order valence-electron chi connectivity index (χ2n) is 20.1. The Morgan fingerprint density at radius 1 is 0.564 bits per heavy atom. The Morgan fingerprint density at radius 2 is 1.18 bits per heavy atom. The molecule has 0 aliphatic heterocycles. The van der Waals surface area contributed by atoms with Crippen LogP contribution in [-0.4, -0.2) is 11.6 Å². The number of fused-ring (bicyclic) bond motifs is 3. The maximum absolute atomic E-state index is 4.58. The number of benzene rings is 9. The predicted molar refractivity (Wildman–Crippen MR) is 339 cm³/mol. The van der Waals surface area contributed by atoms with Crippen LogP contribution in [0.2, 0.25) is 0 Å². The lowest BCUT2D eigenvalue weighted by Gasteiger charge is -2.25. The quantitative estimate of drug-likeness (QED) is 0.0929. The molecule has 0 N–H and O–H groups in total. The topological polar surface area (TPSA) is 8.17 Å². The van der Waals surface area contributed by atoms with Gasteiger partial charge in [-0.1, -0.05) is 244 Å². The molecular weight excluding hydrogens is 941 g/mol. The molecule has 1 aromatic heterocycles. The van der Waals surface area contributed by atoms with Crippen molar-refractivity contribution in [2.45, 2.75) is 33.1 Å². The molecule has 11 rings (SSSR count). The van der Waals surface area contributed by atoms with Gasteiger partial charge in [-0.05, 0) is 148 Å². The highest BCUT2D eigenvalue weighted by Crippen LogP contribution is 2.47. The molecule has 0 spiro atoms. The third kappa shape index (κ3) is 10.4. The van der Waals surface area contributed by atoms with Crippen LogP contribution < -0.4 is 4.90 Å². The fourth-order valence-corrected chi connectivity index (χ4v) is 11.2. The average molecular weight is 1010 g/mol. The van der Waals surface area contributed by atoms with E-state index in [2.05, 4.69) is 304 Å². The summed E-state index contributed by atoms with van der Waals surface area (Å²) in [5.41, 5.74) is 24.0. The number of aromatic nitrogens is 1. The van der Waals surface area contributed by atoms with Gasteiger partial charge >= 0.3 is 0 Å². The van der Waals surface area contributed by atoms with Gasteiger partial charge in [-0.3, -0.25) is 0 Å². The SMILES string of the molecule is C=C/C=C(\C=C/C)c1ccc(N(C)c2ccc(-c3cccc4c5c(-c6ccccc6)ccc(-c6ccccc6)c5n(-c5ccc(C6=CC=CCCC6)cc5)c34)cc2/C(C)=C/C(=C\C(=C)c2ccccc2)c2ccccc2)cc1. The van der Waals surface area contributed by atoms with Crippen molar-refractivity contribution in [2.24, 2.45) is 0 Å². The summed E-state index contributed by atoms with van der Waals surface area (Å²) >= 11 is 0. The molecule has 10 aromatic rings. The Bertz CT molecular complexity index is 3990. The molecule has 78 heavy (non-hydrogen) atoms. The van der Waals surface area contributed by atoms with Crippen molar-refractivity contribution in [1.82, 2.24) is 4.57 Å². The first-order valence-corrected chi connectivity index (χ1v) is 27.2. The zero-order valence-electron chi connectivity index (χ0n) is 44.9. The molecule has 0 amide bonds. The molecule has 1 aliphatic rings. The van der Waals surface area contributed by atoms with Crippen molar-refractivity contribution in [1.29, 1.82) is 0 Å². The van der Waals surface area contributed by atoms with E-state index in [1.165, 1.54) is 49.7 Å². The van der Waals surface area contributed by atoms with Crippen molar-refractivity contribution in [3.8, 4) is 39.1 Å². The number of nitrogens with zero attached hydrogens (tertiary/aromatic N) is 2. The summed E-state index contributed by atoms with van der Waals surface area (Å²) in [6, 6.07) is 79.6. The molecule has 1 aliphatic carbocycles. The lowest BCUT2D eigenvalue weighted by molar-refractivity contribution is 0.886. The highest BCUT2D eigenvalue weighted by Gasteiger charge is 2.24. The Hall–Kier alpha value is -9.50. The summed E-state index contributed by atoms with van der Waals surface area (Å²) in [6.45, 7) is 12.9. The first-order chi connectivity index (χ1) is 38.4. The van der Waals surface area contributed by atoms with Gasteiger partial charge in [0.2, 0.25) is 0 Å². The molecule has 378 valence electrons. The van der Waals surface area contributed by atoms with E-state index in [9.17, 15) is 0 Å². The van der Waals surface area contributed by atoms with Crippen molar-refractivity contribution in [2.75, 3.05) is 11.9 Å². The van der Waals surface area contributed by atoms with Gasteiger partial charge in [0.25, 0.3) is 0 Å². The van der Waals surface area contributed by atoms with E-state index < -0.39 is 0 Å². The Labute approximate surface area is 461 Å². The van der Waals surface area contributed by atoms with E-state index in [1.54, 1.807) is 0 Å². The summed E-state index contributed by atoms with van der Waals surface area (Å²) < 4.78 is 2.55. The van der Waals surface area contributed by atoms with Crippen LogP contribution in [0.5, 0.6) is 0 Å². The van der Waals surface area contributed by atoms with E-state index >= 15 is 0 Å². The second kappa shape index (κ2) is 23.2. The van der Waals surface area contributed by atoms with E-state index in [-0.39, 0.29) is 0 Å². The largest absolute Gasteiger partial charge is 0.344 e. The summed E-state index contributed by atoms with van der Waals surface area (Å²) in [5.74, 6) is 0. The second-order valence-corrected chi connectivity index (χ2v) is 20.1. The average Bonchev–Trinajstić information content (AvgIpc) is 3.84. The maximum Gasteiger partial charge on any atom is 0.0625 e. The minimum absolute atomic E-state index is 0.951. The van der Waals surface area contributed by atoms with Crippen molar-refractivity contribution in [3.63, 3.8) is 0 Å². The van der Waals surface area contributed by atoms with Crippen LogP contribution in [-0.2, 0) is 0 Å². The predicted octanol–water partition coefficient (Wildman–Crippen LogP) is 21.0. The van der Waals surface area contributed by atoms with Crippen LogP contribution in [0.3, 0.4) is 0 Å². The minimum atomic E-state index is 0.951. The van der Waals surface area contributed by atoms with Gasteiger partial charge < -0.3 is 9.47 Å². The molecule has 0 atom stereocenters. The summed E-state index contributed by atoms with van der Waals surface area (Å²) in [6.07, 6.45) is 22.8. The monoisotopic (exact) mass is 1000 g/mol. The molecule has 2 nitrogen and oxygen atoms in total. The van der Waals surface area contributed by atoms with Crippen LogP contribution in [0.4, 0.5) is 11.4 Å². The first kappa shape index (κ1) is 50.6. The minimum Gasteiger partial charge on any atom is -0.344 e. The standard InChI is InChI=1S/C76H64N2/c1-6-25-57(26-7-2)60-39-44-66(45-40-60)77(5)73-50-43-64(53-72(73)55(4)52-65(59-31-18-11-19-32-59)51-54(3)56-27-16-10-17-28-56)69-37-24-38-71-74-68(62-33-20-12-21-34-62)48-49-70(63-35-22-13-23-36-63)76(74)78(75(69)71)67-46-41-61(42-47-67)58-29-14-8-9-15-30-58/h6-8,10-14,16-29,31-53H,1,3,9,15,30H2,2,4-5H3/b26-7-,55-52+,57-25+,65-51+. The van der Waals surface area contributed by atoms with Gasteiger partial charge in [-0.25, -0.2) is 0 Å². The van der Waals surface area contributed by atoms with Gasteiger partial charge in [-0.2, -0.15) is 0 Å². The molecule has 0 bridgehead atoms. The fraction of sp³-hybridized carbons (Fsp3) is 0.0789. The van der Waals surface area contributed by atoms with Gasteiger partial charge in [0, 0.05) is 51.6 Å². The maximum atomic E-state index is 4.58. The van der Waals surface area contributed by atoms with Gasteiger partial charge in [0.15, 0.2) is 0 Å². The summed E-state index contributed by atoms with van der Waals surface area (Å²) in [7, 11) is 2.18. The zero-order chi connectivity index (χ0) is 53.4. The number of hydrogen-bond acceptors (Lipinski definition) is 1. The van der Waals surface area contributed by atoms with E-state index in [0.29, 0.717) is 0 Å². The smallest absolute Gasteiger partial charge is 0.0625 e. The highest BCUT2D eigenvalue weighted by atomic mass is 15.1. The molecule has 2 heteroatoms. The van der Waals surface area contributed by atoms with Gasteiger partial charge in [-0.15, -0.1) is 0 Å². The molecule has 0 radical (unpaired) electrons. The van der Waals surface area contributed by atoms with Gasteiger partial charge in [0.05, 0.1) is 11.0 Å². The molecule has 0 saturated carbocycles. The first-order valence-electron chi connectivity index (χ1n) is 27.2. The molecule has 0 saturated heterocycles. The third-order valence-corrected chi connectivity index (χ3v) is 15.1.